The molecule has 0 heterocycles. The number of nitrogens with one attached hydrogen (secondary N) is 1. The maximum Gasteiger partial charge on any atom is 0.306 e. The quantitative estimate of drug-likeness (QED) is 0.106. The molecule has 0 radical (unpaired) electrons. The van der Waals surface area contributed by atoms with Crippen LogP contribution >= 0.6 is 0 Å². The SMILES string of the molecule is C=C.CCCCCCCCCCCCCCCC(=O)NCCOC(=O)CCC(=O)OC(CO)CO. The van der Waals surface area contributed by atoms with E-state index in [2.05, 4.69) is 25.4 Å². The summed E-state index contributed by atoms with van der Waals surface area (Å²) in [6.45, 7) is 7.58. The predicted octanol–water partition coefficient (Wildman–Crippen LogP) is 4.61. The number of unbranched alkanes of at least 4 members (excludes halogenated alkanes) is 12. The molecular weight excluding hydrogens is 450 g/mol. The van der Waals surface area contributed by atoms with Crippen molar-refractivity contribution in [3.8, 4) is 0 Å². The van der Waals surface area contributed by atoms with Crippen molar-refractivity contribution in [1.82, 2.24) is 5.32 Å². The first-order chi connectivity index (χ1) is 17.0. The Kier molecular flexibility index (Phi) is 28.5. The van der Waals surface area contributed by atoms with Gasteiger partial charge in [0, 0.05) is 6.42 Å². The summed E-state index contributed by atoms with van der Waals surface area (Å²) in [5.41, 5.74) is 0. The molecule has 35 heavy (non-hydrogen) atoms. The first-order valence-electron chi connectivity index (χ1n) is 13.4. The maximum absolute atomic E-state index is 11.8. The number of aliphatic hydroxyl groups excluding tert-OH is 2. The van der Waals surface area contributed by atoms with Crippen LogP contribution in [0.15, 0.2) is 13.2 Å². The average Bonchev–Trinajstić information content (AvgIpc) is 2.87. The molecule has 8 heteroatoms. The Labute approximate surface area is 212 Å². The lowest BCUT2D eigenvalue weighted by Gasteiger charge is -2.12. The second kappa shape index (κ2) is 28.3. The van der Waals surface area contributed by atoms with E-state index in [0.29, 0.717) is 6.42 Å². The van der Waals surface area contributed by atoms with Gasteiger partial charge in [0.25, 0.3) is 0 Å². The molecule has 0 aromatic carbocycles. The van der Waals surface area contributed by atoms with Crippen LogP contribution in [0.2, 0.25) is 0 Å². The van der Waals surface area contributed by atoms with Gasteiger partial charge in [0.2, 0.25) is 5.91 Å². The third-order valence-corrected chi connectivity index (χ3v) is 5.43. The van der Waals surface area contributed by atoms with Gasteiger partial charge in [-0.2, -0.15) is 0 Å². The summed E-state index contributed by atoms with van der Waals surface area (Å²) in [6, 6.07) is 0. The fourth-order valence-electron chi connectivity index (χ4n) is 3.40. The van der Waals surface area contributed by atoms with E-state index in [1.807, 2.05) is 0 Å². The Bertz CT molecular complexity index is 510. The Balaban J connectivity index is 0. The molecular formula is C27H51NO7. The molecule has 0 aromatic heterocycles. The number of hydrogen-bond acceptors (Lipinski definition) is 7. The fourth-order valence-corrected chi connectivity index (χ4v) is 3.40. The topological polar surface area (TPSA) is 122 Å². The molecule has 3 N–H and O–H groups in total. The van der Waals surface area contributed by atoms with Crippen LogP contribution in [0.1, 0.15) is 110 Å². The molecule has 0 atom stereocenters. The van der Waals surface area contributed by atoms with Crippen molar-refractivity contribution in [1.29, 1.82) is 0 Å². The molecule has 0 saturated carbocycles. The van der Waals surface area contributed by atoms with Crippen molar-refractivity contribution in [2.45, 2.75) is 116 Å². The van der Waals surface area contributed by atoms with Crippen molar-refractivity contribution in [3.05, 3.63) is 13.2 Å². The van der Waals surface area contributed by atoms with Crippen LogP contribution in [0, 0.1) is 0 Å². The predicted molar refractivity (Wildman–Crippen MR) is 139 cm³/mol. The number of amides is 1. The van der Waals surface area contributed by atoms with Gasteiger partial charge in [-0.3, -0.25) is 14.4 Å². The highest BCUT2D eigenvalue weighted by molar-refractivity contribution is 5.78. The lowest BCUT2D eigenvalue weighted by molar-refractivity contribution is -0.156. The first-order valence-corrected chi connectivity index (χ1v) is 13.4. The molecule has 0 spiro atoms. The molecule has 0 saturated heterocycles. The van der Waals surface area contributed by atoms with E-state index >= 15 is 0 Å². The number of rotatable bonds is 23. The van der Waals surface area contributed by atoms with Gasteiger partial charge in [-0.15, -0.1) is 13.2 Å². The number of ether oxygens (including phenoxy) is 2. The maximum atomic E-state index is 11.8. The van der Waals surface area contributed by atoms with Gasteiger partial charge < -0.3 is 25.0 Å². The first kappa shape index (κ1) is 35.2. The zero-order chi connectivity index (χ0) is 26.6. The summed E-state index contributed by atoms with van der Waals surface area (Å²) in [7, 11) is 0. The van der Waals surface area contributed by atoms with Crippen molar-refractivity contribution in [2.24, 2.45) is 0 Å². The number of carbonyl (C=O) groups is 3. The molecule has 0 fully saturated rings. The smallest absolute Gasteiger partial charge is 0.306 e. The van der Waals surface area contributed by atoms with E-state index in [1.165, 1.54) is 70.6 Å². The van der Waals surface area contributed by atoms with Gasteiger partial charge in [0.15, 0.2) is 0 Å². The minimum Gasteiger partial charge on any atom is -0.464 e. The van der Waals surface area contributed by atoms with E-state index in [4.69, 9.17) is 19.7 Å². The van der Waals surface area contributed by atoms with Gasteiger partial charge in [-0.05, 0) is 6.42 Å². The lowest BCUT2D eigenvalue weighted by atomic mass is 10.0. The molecule has 0 bridgehead atoms. The van der Waals surface area contributed by atoms with Crippen molar-refractivity contribution in [3.63, 3.8) is 0 Å². The summed E-state index contributed by atoms with van der Waals surface area (Å²) < 4.78 is 9.71. The largest absolute Gasteiger partial charge is 0.464 e. The van der Waals surface area contributed by atoms with E-state index in [9.17, 15) is 14.4 Å². The summed E-state index contributed by atoms with van der Waals surface area (Å²) in [4.78, 5) is 34.8. The summed E-state index contributed by atoms with van der Waals surface area (Å²) in [5, 5.41) is 20.4. The highest BCUT2D eigenvalue weighted by atomic mass is 16.6. The van der Waals surface area contributed by atoms with Crippen LogP contribution in [0.3, 0.4) is 0 Å². The molecule has 0 aromatic rings. The fraction of sp³-hybridized carbons (Fsp3) is 0.815. The van der Waals surface area contributed by atoms with Crippen LogP contribution in [0.4, 0.5) is 0 Å². The highest BCUT2D eigenvalue weighted by Crippen LogP contribution is 2.12. The minimum absolute atomic E-state index is 0.0447. The molecule has 0 aliphatic carbocycles. The van der Waals surface area contributed by atoms with Gasteiger partial charge in [0.05, 0.1) is 32.6 Å². The highest BCUT2D eigenvalue weighted by Gasteiger charge is 2.14. The zero-order valence-electron chi connectivity index (χ0n) is 22.1. The lowest BCUT2D eigenvalue weighted by Crippen LogP contribution is -2.28. The van der Waals surface area contributed by atoms with Crippen LogP contribution in [-0.4, -0.2) is 60.5 Å². The third-order valence-electron chi connectivity index (χ3n) is 5.43. The number of hydrogen-bond donors (Lipinski definition) is 3. The molecule has 0 rings (SSSR count). The van der Waals surface area contributed by atoms with E-state index in [1.54, 1.807) is 0 Å². The molecule has 206 valence electrons. The monoisotopic (exact) mass is 501 g/mol. The van der Waals surface area contributed by atoms with E-state index < -0.39 is 31.3 Å². The van der Waals surface area contributed by atoms with Gasteiger partial charge >= 0.3 is 11.9 Å². The Hall–Kier alpha value is -1.93. The van der Waals surface area contributed by atoms with Crippen molar-refractivity contribution >= 4 is 17.8 Å². The van der Waals surface area contributed by atoms with Crippen molar-refractivity contribution < 1.29 is 34.1 Å². The van der Waals surface area contributed by atoms with E-state index in [0.717, 1.165) is 12.8 Å². The standard InChI is InChI=1S/C25H47NO7.C2H4/c1-2-3-4-5-6-7-8-9-10-11-12-13-14-15-23(29)26-18-19-32-24(30)16-17-25(31)33-22(20-27)21-28;1-2/h22,27-28H,2-21H2,1H3,(H,26,29);1-2H2. The van der Waals surface area contributed by atoms with Crippen molar-refractivity contribution in [2.75, 3.05) is 26.4 Å². The second-order valence-corrected chi connectivity index (χ2v) is 8.54. The number of esters is 2. The van der Waals surface area contributed by atoms with Crippen LogP contribution in [0.5, 0.6) is 0 Å². The van der Waals surface area contributed by atoms with Gasteiger partial charge in [0.1, 0.15) is 12.7 Å². The molecule has 1 amide bonds. The summed E-state index contributed by atoms with van der Waals surface area (Å²) in [5.74, 6) is -1.30. The van der Waals surface area contributed by atoms with Crippen LogP contribution < -0.4 is 5.32 Å². The van der Waals surface area contributed by atoms with Gasteiger partial charge in [-0.1, -0.05) is 84.0 Å². The minimum atomic E-state index is -0.973. The summed E-state index contributed by atoms with van der Waals surface area (Å²) in [6.07, 6.45) is 15.6. The second-order valence-electron chi connectivity index (χ2n) is 8.54. The normalized spacial score (nSPS) is 10.4. The van der Waals surface area contributed by atoms with Gasteiger partial charge in [-0.25, -0.2) is 0 Å². The zero-order valence-corrected chi connectivity index (χ0v) is 22.1. The Morgan fingerprint density at radius 1 is 0.714 bits per heavy atom. The third kappa shape index (κ3) is 26.5. The van der Waals surface area contributed by atoms with E-state index in [-0.39, 0.29) is 31.9 Å². The molecule has 0 aliphatic rings. The molecule has 0 aliphatic heterocycles. The Morgan fingerprint density at radius 3 is 1.66 bits per heavy atom. The van der Waals surface area contributed by atoms with Crippen LogP contribution in [-0.2, 0) is 23.9 Å². The summed E-state index contributed by atoms with van der Waals surface area (Å²) >= 11 is 0. The number of carbonyl (C=O) groups excluding carboxylic acids is 3. The average molecular weight is 502 g/mol. The molecule has 8 nitrogen and oxygen atoms in total. The number of aliphatic hydroxyl groups is 2. The molecule has 0 unspecified atom stereocenters. The van der Waals surface area contributed by atoms with Crippen LogP contribution in [0.25, 0.3) is 0 Å². The Morgan fingerprint density at radius 2 is 1.17 bits per heavy atom.